The lowest BCUT2D eigenvalue weighted by Gasteiger charge is -2.35. The van der Waals surface area contributed by atoms with E-state index in [1.807, 2.05) is 0 Å². The van der Waals surface area contributed by atoms with Crippen molar-refractivity contribution in [3.8, 4) is 5.75 Å². The van der Waals surface area contributed by atoms with Crippen LogP contribution in [0.2, 0.25) is 5.02 Å². The molecule has 280 valence electrons. The molecule has 4 rings (SSSR count). The van der Waals surface area contributed by atoms with Crippen molar-refractivity contribution < 1.29 is 33.2 Å². The second-order valence-corrected chi connectivity index (χ2v) is 13.1. The Morgan fingerprint density at radius 3 is 2.06 bits per heavy atom. The SMILES string of the molecule is COCCOCCOCCOCCOCCC(=O)Oc1ccc(Nc2nc(NC3CCCCCC3)nc(N(C)C3CCN(C)CC3)n2)cc1Cl. The van der Waals surface area contributed by atoms with Gasteiger partial charge in [0.15, 0.2) is 0 Å². The van der Waals surface area contributed by atoms with Gasteiger partial charge in [0.25, 0.3) is 0 Å². The highest BCUT2D eigenvalue weighted by atomic mass is 35.5. The third kappa shape index (κ3) is 14.8. The van der Waals surface area contributed by atoms with Crippen molar-refractivity contribution in [2.24, 2.45) is 0 Å². The molecule has 2 aromatic rings. The number of ether oxygens (including phenoxy) is 6. The number of piperidine rings is 1. The molecule has 2 fully saturated rings. The number of nitrogens with one attached hydrogen (secondary N) is 2. The van der Waals surface area contributed by atoms with Gasteiger partial charge in [-0.25, -0.2) is 0 Å². The van der Waals surface area contributed by atoms with Gasteiger partial charge < -0.3 is 48.9 Å². The molecular weight excluding hydrogens is 666 g/mol. The Hall–Kier alpha value is -2.85. The molecule has 15 heteroatoms. The number of rotatable bonds is 22. The summed E-state index contributed by atoms with van der Waals surface area (Å²) in [5, 5.41) is 7.17. The fraction of sp³-hybridized carbons (Fsp3) is 0.714. The predicted molar refractivity (Wildman–Crippen MR) is 194 cm³/mol. The number of likely N-dealkylation sites (tertiary alicyclic amines) is 1. The number of methoxy groups -OCH3 is 1. The maximum absolute atomic E-state index is 12.4. The maximum atomic E-state index is 12.4. The van der Waals surface area contributed by atoms with Crippen molar-refractivity contribution in [3.63, 3.8) is 0 Å². The van der Waals surface area contributed by atoms with Crippen LogP contribution in [0.5, 0.6) is 5.75 Å². The van der Waals surface area contributed by atoms with Crippen LogP contribution < -0.4 is 20.3 Å². The molecule has 1 aliphatic carbocycles. The van der Waals surface area contributed by atoms with E-state index in [1.165, 1.54) is 25.7 Å². The molecule has 50 heavy (non-hydrogen) atoms. The molecule has 1 saturated carbocycles. The Kier molecular flexibility index (Phi) is 18.3. The lowest BCUT2D eigenvalue weighted by molar-refractivity contribution is -0.135. The first-order valence-electron chi connectivity index (χ1n) is 17.9. The molecule has 1 aliphatic heterocycles. The van der Waals surface area contributed by atoms with Gasteiger partial charge in [-0.1, -0.05) is 37.3 Å². The molecule has 2 N–H and O–H groups in total. The fourth-order valence-electron chi connectivity index (χ4n) is 5.82. The Bertz CT molecular complexity index is 1260. The lowest BCUT2D eigenvalue weighted by atomic mass is 10.0. The summed E-state index contributed by atoms with van der Waals surface area (Å²) in [6.07, 6.45) is 9.34. The number of nitrogens with zero attached hydrogens (tertiary/aromatic N) is 5. The minimum absolute atomic E-state index is 0.0811. The first-order chi connectivity index (χ1) is 24.4. The molecule has 0 bridgehead atoms. The van der Waals surface area contributed by atoms with Crippen molar-refractivity contribution in [1.29, 1.82) is 0 Å². The zero-order valence-electron chi connectivity index (χ0n) is 30.0. The molecule has 2 aliphatic rings. The van der Waals surface area contributed by atoms with Crippen LogP contribution in [0.4, 0.5) is 23.5 Å². The second-order valence-electron chi connectivity index (χ2n) is 12.7. The topological polar surface area (TPSA) is 142 Å². The van der Waals surface area contributed by atoms with Crippen LogP contribution in [0.1, 0.15) is 57.8 Å². The van der Waals surface area contributed by atoms with Crippen molar-refractivity contribution in [2.45, 2.75) is 69.9 Å². The van der Waals surface area contributed by atoms with E-state index in [1.54, 1.807) is 25.3 Å². The summed E-state index contributed by atoms with van der Waals surface area (Å²) < 4.78 is 32.1. The van der Waals surface area contributed by atoms with E-state index in [0.29, 0.717) is 88.5 Å². The summed E-state index contributed by atoms with van der Waals surface area (Å²) in [5.74, 6) is 1.44. The zero-order valence-corrected chi connectivity index (χ0v) is 30.8. The normalized spacial score (nSPS) is 16.2. The van der Waals surface area contributed by atoms with E-state index in [2.05, 4.69) is 34.5 Å². The van der Waals surface area contributed by atoms with Gasteiger partial charge in [0.05, 0.1) is 70.9 Å². The number of anilines is 4. The number of halogens is 1. The summed E-state index contributed by atoms with van der Waals surface area (Å²) >= 11 is 6.54. The molecule has 0 spiro atoms. The lowest BCUT2D eigenvalue weighted by Crippen LogP contribution is -2.42. The van der Waals surface area contributed by atoms with Gasteiger partial charge in [0.2, 0.25) is 17.8 Å². The Morgan fingerprint density at radius 1 is 0.840 bits per heavy atom. The standard InChI is InChI=1S/C35H56ClN7O7/c1-42-15-12-29(13-16-42)43(2)35-40-33(37-27-8-6-4-5-7-9-27)39-34(41-35)38-28-10-11-31(30(36)26-28)50-32(44)14-17-46-20-21-48-24-25-49-23-22-47-19-18-45-3/h10-11,26-27,29H,4-9,12-25H2,1-3H3,(H2,37,38,39,40,41). The van der Waals surface area contributed by atoms with Crippen LogP contribution >= 0.6 is 11.6 Å². The van der Waals surface area contributed by atoms with Gasteiger partial charge in [0.1, 0.15) is 5.75 Å². The highest BCUT2D eigenvalue weighted by Gasteiger charge is 2.24. The molecule has 1 aromatic heterocycles. The van der Waals surface area contributed by atoms with Gasteiger partial charge in [0, 0.05) is 31.9 Å². The molecule has 1 saturated heterocycles. The summed E-state index contributed by atoms with van der Waals surface area (Å²) in [5.41, 5.74) is 0.665. The smallest absolute Gasteiger partial charge is 0.313 e. The average Bonchev–Trinajstić information content (AvgIpc) is 3.38. The van der Waals surface area contributed by atoms with Crippen LogP contribution in [0.25, 0.3) is 0 Å². The first-order valence-corrected chi connectivity index (χ1v) is 18.3. The maximum Gasteiger partial charge on any atom is 0.313 e. The van der Waals surface area contributed by atoms with Gasteiger partial charge >= 0.3 is 5.97 Å². The Morgan fingerprint density at radius 2 is 1.44 bits per heavy atom. The van der Waals surface area contributed by atoms with Crippen molar-refractivity contribution in [1.82, 2.24) is 19.9 Å². The van der Waals surface area contributed by atoms with E-state index in [-0.39, 0.29) is 23.8 Å². The summed E-state index contributed by atoms with van der Waals surface area (Å²) in [4.78, 5) is 31.4. The molecule has 1 aromatic carbocycles. The Balaban J connectivity index is 1.22. The van der Waals surface area contributed by atoms with Crippen molar-refractivity contribution in [2.75, 3.05) is 109 Å². The van der Waals surface area contributed by atoms with Crippen molar-refractivity contribution >= 4 is 41.1 Å². The Labute approximate surface area is 301 Å². The molecule has 0 unspecified atom stereocenters. The summed E-state index contributed by atoms with van der Waals surface area (Å²) in [7, 11) is 5.85. The van der Waals surface area contributed by atoms with E-state index >= 15 is 0 Å². The van der Waals surface area contributed by atoms with Crippen LogP contribution in [0, 0.1) is 0 Å². The molecule has 0 amide bonds. The van der Waals surface area contributed by atoms with Crippen molar-refractivity contribution in [3.05, 3.63) is 23.2 Å². The molecular formula is C35H56ClN7O7. The number of esters is 1. The number of aromatic nitrogens is 3. The molecule has 2 heterocycles. The van der Waals surface area contributed by atoms with Gasteiger partial charge in [-0.05, 0) is 64.0 Å². The minimum Gasteiger partial charge on any atom is -0.425 e. The largest absolute Gasteiger partial charge is 0.425 e. The van der Waals surface area contributed by atoms with Crippen LogP contribution in [-0.2, 0) is 28.5 Å². The van der Waals surface area contributed by atoms with Gasteiger partial charge in [-0.3, -0.25) is 4.79 Å². The number of hydrogen-bond acceptors (Lipinski definition) is 14. The van der Waals surface area contributed by atoms with E-state index < -0.39 is 5.97 Å². The zero-order chi connectivity index (χ0) is 35.4. The quantitative estimate of drug-likeness (QED) is 0.0734. The summed E-state index contributed by atoms with van der Waals surface area (Å²) in [6.45, 7) is 6.13. The van der Waals surface area contributed by atoms with E-state index in [9.17, 15) is 4.79 Å². The average molecular weight is 722 g/mol. The number of benzene rings is 1. The highest BCUT2D eigenvalue weighted by Crippen LogP contribution is 2.30. The molecule has 14 nitrogen and oxygen atoms in total. The van der Waals surface area contributed by atoms with Crippen LogP contribution in [0.15, 0.2) is 18.2 Å². The van der Waals surface area contributed by atoms with Gasteiger partial charge in [-0.15, -0.1) is 0 Å². The van der Waals surface area contributed by atoms with E-state index in [4.69, 9.17) is 55.0 Å². The second kappa shape index (κ2) is 22.9. The molecule has 0 radical (unpaired) electrons. The third-order valence-corrected chi connectivity index (χ3v) is 9.07. The van der Waals surface area contributed by atoms with Crippen LogP contribution in [0.3, 0.4) is 0 Å². The monoisotopic (exact) mass is 721 g/mol. The molecule has 0 atom stereocenters. The van der Waals surface area contributed by atoms with Gasteiger partial charge in [-0.2, -0.15) is 15.0 Å². The third-order valence-electron chi connectivity index (χ3n) is 8.77. The first kappa shape index (κ1) is 39.9. The number of hydrogen-bond donors (Lipinski definition) is 2. The number of carbonyl (C=O) groups excluding carboxylic acids is 1. The highest BCUT2D eigenvalue weighted by molar-refractivity contribution is 6.32. The summed E-state index contributed by atoms with van der Waals surface area (Å²) in [6, 6.07) is 5.82. The number of carbonyl (C=O) groups is 1. The minimum atomic E-state index is -0.442. The van der Waals surface area contributed by atoms with Crippen LogP contribution in [-0.4, -0.2) is 132 Å². The fourth-order valence-corrected chi connectivity index (χ4v) is 6.04. The predicted octanol–water partition coefficient (Wildman–Crippen LogP) is 4.94. The van der Waals surface area contributed by atoms with E-state index in [0.717, 1.165) is 38.8 Å².